The summed E-state index contributed by atoms with van der Waals surface area (Å²) in [7, 11) is 4.09. The minimum atomic E-state index is -0.283. The van der Waals surface area contributed by atoms with Crippen LogP contribution >= 0.6 is 0 Å². The lowest BCUT2D eigenvalue weighted by molar-refractivity contribution is -0.116. The Morgan fingerprint density at radius 1 is 1.53 bits per heavy atom. The maximum atomic E-state index is 11.2. The Morgan fingerprint density at radius 3 is 2.65 bits per heavy atom. The molecule has 0 aromatic heterocycles. The van der Waals surface area contributed by atoms with Gasteiger partial charge in [-0.25, -0.2) is 0 Å². The Kier molecular flexibility index (Phi) is 5.10. The molecule has 1 aliphatic rings. The van der Waals surface area contributed by atoms with Gasteiger partial charge in [0.1, 0.15) is 6.29 Å². The number of likely N-dealkylation sites (N-methyl/N-ethyl adjacent to an activating group) is 1. The van der Waals surface area contributed by atoms with Crippen molar-refractivity contribution in [2.45, 2.75) is 38.8 Å². The summed E-state index contributed by atoms with van der Waals surface area (Å²) in [6.07, 6.45) is 2.48. The lowest BCUT2D eigenvalue weighted by Crippen LogP contribution is -2.43. The van der Waals surface area contributed by atoms with Gasteiger partial charge in [-0.3, -0.25) is 4.90 Å². The van der Waals surface area contributed by atoms with Crippen LogP contribution in [0.5, 0.6) is 0 Å². The summed E-state index contributed by atoms with van der Waals surface area (Å²) in [6.45, 7) is 6.43. The number of rotatable bonds is 6. The molecule has 1 fully saturated rings. The van der Waals surface area contributed by atoms with E-state index >= 15 is 0 Å². The van der Waals surface area contributed by atoms with E-state index in [0.29, 0.717) is 12.6 Å². The molecule has 4 nitrogen and oxygen atoms in total. The SMILES string of the molecule is CCC(C)(C=O)CN1CC(O)CC1CN(C)C. The van der Waals surface area contributed by atoms with Crippen LogP contribution in [-0.2, 0) is 4.79 Å². The fraction of sp³-hybridized carbons (Fsp3) is 0.923. The lowest BCUT2D eigenvalue weighted by Gasteiger charge is -2.33. The van der Waals surface area contributed by atoms with Gasteiger partial charge in [-0.15, -0.1) is 0 Å². The molecule has 1 rings (SSSR count). The molecule has 4 heteroatoms. The van der Waals surface area contributed by atoms with Gasteiger partial charge >= 0.3 is 0 Å². The van der Waals surface area contributed by atoms with Crippen LogP contribution < -0.4 is 0 Å². The van der Waals surface area contributed by atoms with Crippen molar-refractivity contribution in [1.29, 1.82) is 0 Å². The largest absolute Gasteiger partial charge is 0.392 e. The third-order valence-corrected chi connectivity index (χ3v) is 3.74. The molecule has 0 bridgehead atoms. The maximum Gasteiger partial charge on any atom is 0.127 e. The Labute approximate surface area is 105 Å². The monoisotopic (exact) mass is 242 g/mol. The van der Waals surface area contributed by atoms with E-state index in [4.69, 9.17) is 0 Å². The first-order chi connectivity index (χ1) is 7.90. The van der Waals surface area contributed by atoms with Gasteiger partial charge in [0.15, 0.2) is 0 Å². The fourth-order valence-corrected chi connectivity index (χ4v) is 2.46. The molecule has 3 unspecified atom stereocenters. The first kappa shape index (κ1) is 14.6. The van der Waals surface area contributed by atoms with Crippen molar-refractivity contribution in [2.24, 2.45) is 5.41 Å². The Morgan fingerprint density at radius 2 is 2.18 bits per heavy atom. The molecular formula is C13H26N2O2. The van der Waals surface area contributed by atoms with Crippen molar-refractivity contribution in [3.8, 4) is 0 Å². The van der Waals surface area contributed by atoms with Gasteiger partial charge in [0, 0.05) is 31.1 Å². The molecule has 1 heterocycles. The second-order valence-corrected chi connectivity index (χ2v) is 5.86. The Hall–Kier alpha value is -0.450. The summed E-state index contributed by atoms with van der Waals surface area (Å²) < 4.78 is 0. The van der Waals surface area contributed by atoms with Crippen molar-refractivity contribution in [3.05, 3.63) is 0 Å². The summed E-state index contributed by atoms with van der Waals surface area (Å²) in [5, 5.41) is 9.78. The zero-order valence-corrected chi connectivity index (χ0v) is 11.5. The summed E-state index contributed by atoms with van der Waals surface area (Å²) in [5.41, 5.74) is -0.283. The topological polar surface area (TPSA) is 43.8 Å². The van der Waals surface area contributed by atoms with Crippen LogP contribution in [0.1, 0.15) is 26.7 Å². The van der Waals surface area contributed by atoms with E-state index in [-0.39, 0.29) is 11.5 Å². The zero-order chi connectivity index (χ0) is 13.1. The predicted octanol–water partition coefficient (Wildman–Crippen LogP) is 0.598. The second-order valence-electron chi connectivity index (χ2n) is 5.86. The van der Waals surface area contributed by atoms with Gasteiger partial charge in [0.25, 0.3) is 0 Å². The number of aliphatic hydroxyl groups excluding tert-OH is 1. The molecule has 3 atom stereocenters. The van der Waals surface area contributed by atoms with Crippen molar-refractivity contribution >= 4 is 6.29 Å². The van der Waals surface area contributed by atoms with Crippen LogP contribution in [0.4, 0.5) is 0 Å². The first-order valence-electron chi connectivity index (χ1n) is 6.43. The highest BCUT2D eigenvalue weighted by molar-refractivity contribution is 5.58. The van der Waals surface area contributed by atoms with Gasteiger partial charge in [0.2, 0.25) is 0 Å². The average Bonchev–Trinajstić information content (AvgIpc) is 2.57. The molecule has 0 spiro atoms. The van der Waals surface area contributed by atoms with Crippen molar-refractivity contribution in [3.63, 3.8) is 0 Å². The van der Waals surface area contributed by atoms with Crippen LogP contribution in [0.15, 0.2) is 0 Å². The van der Waals surface area contributed by atoms with Crippen LogP contribution in [0, 0.1) is 5.41 Å². The van der Waals surface area contributed by atoms with E-state index in [1.165, 1.54) is 0 Å². The van der Waals surface area contributed by atoms with E-state index in [1.54, 1.807) is 0 Å². The zero-order valence-electron chi connectivity index (χ0n) is 11.5. The molecule has 0 radical (unpaired) electrons. The van der Waals surface area contributed by atoms with Crippen LogP contribution in [0.2, 0.25) is 0 Å². The molecule has 0 aliphatic carbocycles. The maximum absolute atomic E-state index is 11.2. The molecule has 1 aliphatic heterocycles. The second kappa shape index (κ2) is 5.94. The van der Waals surface area contributed by atoms with Gasteiger partial charge in [-0.05, 0) is 26.9 Å². The number of hydrogen-bond acceptors (Lipinski definition) is 4. The third kappa shape index (κ3) is 4.05. The van der Waals surface area contributed by atoms with E-state index in [2.05, 4.69) is 9.80 Å². The van der Waals surface area contributed by atoms with Gasteiger partial charge < -0.3 is 14.8 Å². The molecule has 0 saturated carbocycles. The van der Waals surface area contributed by atoms with E-state index < -0.39 is 0 Å². The fourth-order valence-electron chi connectivity index (χ4n) is 2.46. The first-order valence-corrected chi connectivity index (χ1v) is 6.43. The number of aliphatic hydroxyl groups is 1. The van der Waals surface area contributed by atoms with Crippen LogP contribution in [-0.4, -0.2) is 67.1 Å². The smallest absolute Gasteiger partial charge is 0.127 e. The highest BCUT2D eigenvalue weighted by atomic mass is 16.3. The van der Waals surface area contributed by atoms with Gasteiger partial charge in [-0.2, -0.15) is 0 Å². The standard InChI is InChI=1S/C13H26N2O2/c1-5-13(2,10-16)9-15-8-12(17)6-11(15)7-14(3)4/h10-12,17H,5-9H2,1-4H3. The van der Waals surface area contributed by atoms with Crippen molar-refractivity contribution < 1.29 is 9.90 Å². The summed E-state index contributed by atoms with van der Waals surface area (Å²) in [4.78, 5) is 15.6. The van der Waals surface area contributed by atoms with Gasteiger partial charge in [0.05, 0.1) is 6.10 Å². The lowest BCUT2D eigenvalue weighted by atomic mass is 9.88. The quantitative estimate of drug-likeness (QED) is 0.693. The summed E-state index contributed by atoms with van der Waals surface area (Å²) in [6, 6.07) is 0.367. The molecule has 0 aromatic carbocycles. The number of nitrogens with zero attached hydrogens (tertiary/aromatic N) is 2. The number of aldehydes is 1. The average molecular weight is 242 g/mol. The highest BCUT2D eigenvalue weighted by Crippen LogP contribution is 2.26. The number of carbonyl (C=O) groups excluding carboxylic acids is 1. The summed E-state index contributed by atoms with van der Waals surface area (Å²) >= 11 is 0. The number of carbonyl (C=O) groups is 1. The van der Waals surface area contributed by atoms with Crippen molar-refractivity contribution in [2.75, 3.05) is 33.7 Å². The Bertz CT molecular complexity index is 258. The van der Waals surface area contributed by atoms with E-state index in [1.807, 2.05) is 27.9 Å². The highest BCUT2D eigenvalue weighted by Gasteiger charge is 2.35. The molecule has 0 amide bonds. The molecule has 1 saturated heterocycles. The van der Waals surface area contributed by atoms with E-state index in [9.17, 15) is 9.90 Å². The Balaban J connectivity index is 2.64. The molecule has 0 aromatic rings. The molecule has 17 heavy (non-hydrogen) atoms. The molecule has 100 valence electrons. The molecule has 1 N–H and O–H groups in total. The molecular weight excluding hydrogens is 216 g/mol. The summed E-state index contributed by atoms with van der Waals surface area (Å²) in [5.74, 6) is 0. The number of likely N-dealkylation sites (tertiary alicyclic amines) is 1. The minimum absolute atomic E-state index is 0.243. The van der Waals surface area contributed by atoms with Gasteiger partial charge in [-0.1, -0.05) is 13.8 Å². The van der Waals surface area contributed by atoms with Crippen LogP contribution in [0.3, 0.4) is 0 Å². The number of hydrogen-bond donors (Lipinski definition) is 1. The van der Waals surface area contributed by atoms with E-state index in [0.717, 1.165) is 32.2 Å². The van der Waals surface area contributed by atoms with Crippen molar-refractivity contribution in [1.82, 2.24) is 9.80 Å². The minimum Gasteiger partial charge on any atom is -0.392 e. The van der Waals surface area contributed by atoms with Crippen LogP contribution in [0.25, 0.3) is 0 Å². The normalized spacial score (nSPS) is 29.5. The third-order valence-electron chi connectivity index (χ3n) is 3.74. The predicted molar refractivity (Wildman–Crippen MR) is 69.0 cm³/mol. The number of β-amino-alcohol motifs (C(OH)–C–C–N with tert-alkyl or cyclic N) is 1.